The third kappa shape index (κ3) is 16.1. The summed E-state index contributed by atoms with van der Waals surface area (Å²) in [6.07, 6.45) is -17.4. The van der Waals surface area contributed by atoms with Crippen molar-refractivity contribution in [1.29, 1.82) is 0 Å². The van der Waals surface area contributed by atoms with Gasteiger partial charge in [0.15, 0.2) is 24.6 Å². The molecule has 2 aliphatic heterocycles. The van der Waals surface area contributed by atoms with Crippen molar-refractivity contribution in [1.82, 2.24) is 0 Å². The highest BCUT2D eigenvalue weighted by molar-refractivity contribution is 6.99. The maximum atomic E-state index is 15.0. The van der Waals surface area contributed by atoms with Gasteiger partial charge in [0.2, 0.25) is 12.4 Å². The zero-order valence-corrected chi connectivity index (χ0v) is 53.3. The summed E-state index contributed by atoms with van der Waals surface area (Å²) in [5.74, 6) is -5.36. The summed E-state index contributed by atoms with van der Waals surface area (Å²) in [4.78, 5) is 88.1. The Labute approximate surface area is 551 Å². The number of esters is 6. The van der Waals surface area contributed by atoms with Gasteiger partial charge in [0.25, 0.3) is 8.32 Å². The van der Waals surface area contributed by atoms with Crippen LogP contribution in [0, 0.1) is 0 Å². The third-order valence-corrected chi connectivity index (χ3v) is 21.3. The van der Waals surface area contributed by atoms with Crippen LogP contribution >= 0.6 is 0 Å². The number of carbonyl (C=O) groups is 6. The van der Waals surface area contributed by atoms with Crippen molar-refractivity contribution in [2.45, 2.75) is 93.8 Å². The Kier molecular flexibility index (Phi) is 21.7. The molecule has 0 bridgehead atoms. The number of hydrogen-bond donors (Lipinski definition) is 0. The number of carbonyl (C=O) groups excluding carboxylic acids is 6. The normalized spacial score (nSPS) is 21.0. The smallest absolute Gasteiger partial charge is 0.340 e. The van der Waals surface area contributed by atoms with E-state index in [1.807, 2.05) is 91.0 Å². The molecule has 484 valence electrons. The van der Waals surface area contributed by atoms with E-state index in [0.717, 1.165) is 10.4 Å². The van der Waals surface area contributed by atoms with E-state index >= 15 is 4.79 Å². The minimum atomic E-state index is -3.54. The van der Waals surface area contributed by atoms with Crippen LogP contribution in [0.3, 0.4) is 0 Å². The van der Waals surface area contributed by atoms with E-state index in [0.29, 0.717) is 5.56 Å². The summed E-state index contributed by atoms with van der Waals surface area (Å²) in [7, 11) is -3.54. The van der Waals surface area contributed by atoms with Crippen LogP contribution in [0.5, 0.6) is 0 Å². The lowest BCUT2D eigenvalue weighted by molar-refractivity contribution is -0.354. The van der Waals surface area contributed by atoms with Crippen LogP contribution in [0.25, 0.3) is 0 Å². The molecule has 0 saturated carbocycles. The van der Waals surface area contributed by atoms with E-state index in [9.17, 15) is 24.0 Å². The number of rotatable bonds is 23. The molecular weight excluding hydrogens is 1220 g/mol. The third-order valence-electron chi connectivity index (χ3n) is 16.3. The van der Waals surface area contributed by atoms with Crippen molar-refractivity contribution in [3.63, 3.8) is 0 Å². The Bertz CT molecular complexity index is 3930. The van der Waals surface area contributed by atoms with Crippen molar-refractivity contribution >= 4 is 54.5 Å². The predicted molar refractivity (Wildman–Crippen MR) is 352 cm³/mol. The first kappa shape index (κ1) is 66.3. The second-order valence-electron chi connectivity index (χ2n) is 23.6. The van der Waals surface area contributed by atoms with Gasteiger partial charge in [-0.25, -0.2) is 28.8 Å². The molecule has 0 N–H and O–H groups in total. The molecule has 0 radical (unpaired) electrons. The van der Waals surface area contributed by atoms with Gasteiger partial charge in [0.05, 0.1) is 46.6 Å². The maximum absolute atomic E-state index is 15.0. The van der Waals surface area contributed by atoms with Gasteiger partial charge >= 0.3 is 35.8 Å². The van der Waals surface area contributed by atoms with E-state index in [2.05, 4.69) is 20.8 Å². The standard InChI is InChI=1S/C77H70O17Si/c1-77(2,3)95(59-45-27-11-28-46-59,60-47-29-12-30-48-60)86-51-62-63(89-70(79)54-35-17-6-18-36-54)65(84-49-52-31-13-4-14-32-52)67(91-72(81)56-39-21-8-22-40-56)75(88-62)93-64-61(50-85-69(78)53-33-15-5-16-34-53)87-76(94-74(83)58-43-25-10-26-44-58)68(92-73(82)57-41-23-9-24-42-57)66(64)90-71(80)55-37-19-7-20-38-55/h4-48,61-68,75-76H,49-51H2,1-3H3/t61-,62-,63+,64-,65+,66+,67-,68+,75+,76-/m1/s1. The van der Waals surface area contributed by atoms with Crippen LogP contribution in [0.2, 0.25) is 5.04 Å². The van der Waals surface area contributed by atoms with Crippen molar-refractivity contribution < 1.29 is 80.6 Å². The number of benzene rings is 9. The highest BCUT2D eigenvalue weighted by Gasteiger charge is 2.59. The summed E-state index contributed by atoms with van der Waals surface area (Å²) >= 11 is 0. The van der Waals surface area contributed by atoms with E-state index in [1.54, 1.807) is 146 Å². The monoisotopic (exact) mass is 1290 g/mol. The topological polar surface area (TPSA) is 204 Å². The van der Waals surface area contributed by atoms with Gasteiger partial charge < -0.3 is 51.8 Å². The van der Waals surface area contributed by atoms with Crippen molar-refractivity contribution in [2.75, 3.05) is 13.2 Å². The fourth-order valence-corrected chi connectivity index (χ4v) is 16.2. The zero-order valence-electron chi connectivity index (χ0n) is 52.3. The first-order valence-electron chi connectivity index (χ1n) is 31.1. The first-order chi connectivity index (χ1) is 46.2. The largest absolute Gasteiger partial charge is 0.459 e. The highest BCUT2D eigenvalue weighted by atomic mass is 28.4. The van der Waals surface area contributed by atoms with Gasteiger partial charge in [-0.1, -0.05) is 221 Å². The molecule has 2 aliphatic rings. The second-order valence-corrected chi connectivity index (χ2v) is 27.9. The summed E-state index contributed by atoms with van der Waals surface area (Å²) in [5.41, 5.74) is 1.25. The van der Waals surface area contributed by atoms with Crippen LogP contribution in [-0.4, -0.2) is 119 Å². The average molecular weight is 1300 g/mol. The molecule has 11 rings (SSSR count). The molecule has 0 aliphatic carbocycles. The fourth-order valence-electron chi connectivity index (χ4n) is 11.6. The molecule has 9 aromatic rings. The van der Waals surface area contributed by atoms with Crippen LogP contribution in [0.1, 0.15) is 88.5 Å². The second kappa shape index (κ2) is 31.2. The quantitative estimate of drug-likeness (QED) is 0.0332. The van der Waals surface area contributed by atoms with Crippen molar-refractivity contribution in [3.05, 3.63) is 312 Å². The molecule has 0 spiro atoms. The molecule has 0 amide bonds. The Balaban J connectivity index is 1.11. The highest BCUT2D eigenvalue weighted by Crippen LogP contribution is 2.41. The molecule has 2 fully saturated rings. The predicted octanol–water partition coefficient (Wildman–Crippen LogP) is 11.6. The lowest BCUT2D eigenvalue weighted by Gasteiger charge is -2.50. The van der Waals surface area contributed by atoms with Gasteiger partial charge in [-0.3, -0.25) is 0 Å². The molecule has 10 atom stereocenters. The minimum Gasteiger partial charge on any atom is -0.459 e. The van der Waals surface area contributed by atoms with Gasteiger partial charge in [-0.2, -0.15) is 0 Å². The number of ether oxygens (including phenoxy) is 10. The summed E-state index contributed by atoms with van der Waals surface area (Å²) < 4.78 is 74.7. The lowest BCUT2D eigenvalue weighted by Crippen LogP contribution is -2.69. The van der Waals surface area contributed by atoms with Gasteiger partial charge in [0, 0.05) is 0 Å². The van der Waals surface area contributed by atoms with E-state index in [1.165, 1.54) is 36.4 Å². The fraction of sp³-hybridized carbons (Fsp3) is 0.221. The molecule has 2 heterocycles. The minimum absolute atomic E-state index is 0.0392. The van der Waals surface area contributed by atoms with E-state index < -0.39 is 117 Å². The zero-order chi connectivity index (χ0) is 66.2. The average Bonchev–Trinajstić information content (AvgIpc) is 0.754. The first-order valence-corrected chi connectivity index (χ1v) is 33.0. The molecule has 18 heteroatoms. The maximum Gasteiger partial charge on any atom is 0.340 e. The molecule has 0 aromatic heterocycles. The number of hydrogen-bond acceptors (Lipinski definition) is 17. The Hall–Kier alpha value is -10.2. The summed E-state index contributed by atoms with van der Waals surface area (Å²) in [6, 6.07) is 77.2. The molecular formula is C77H70O17Si. The molecule has 17 nitrogen and oxygen atoms in total. The Morgan fingerprint density at radius 3 is 1.05 bits per heavy atom. The van der Waals surface area contributed by atoms with Crippen molar-refractivity contribution in [2.24, 2.45) is 0 Å². The van der Waals surface area contributed by atoms with E-state index in [4.69, 9.17) is 51.8 Å². The van der Waals surface area contributed by atoms with Crippen molar-refractivity contribution in [3.8, 4) is 0 Å². The lowest BCUT2D eigenvalue weighted by atomic mass is 9.95. The van der Waals surface area contributed by atoms with Crippen LogP contribution in [0.4, 0.5) is 0 Å². The molecule has 0 unspecified atom stereocenters. The molecule has 95 heavy (non-hydrogen) atoms. The SMILES string of the molecule is CC(C)(C)[Si](OC[C@H]1O[C@@H](O[C@H]2[C@H](OC(=O)c3ccccc3)[C@H](OC(=O)c3ccccc3)[C@@H](OC(=O)c3ccccc3)O[C@@H]2COC(=O)c2ccccc2)[C@H](OC(=O)c2ccccc2)[C@@H](OCc2ccccc2)[C@H]1OC(=O)c1ccccc1)(c1ccccc1)c1ccccc1. The Morgan fingerprint density at radius 2 is 0.653 bits per heavy atom. The molecule has 9 aromatic carbocycles. The molecule has 2 saturated heterocycles. The Morgan fingerprint density at radius 1 is 0.337 bits per heavy atom. The van der Waals surface area contributed by atoms with Gasteiger partial charge in [-0.15, -0.1) is 0 Å². The van der Waals surface area contributed by atoms with Gasteiger partial charge in [-0.05, 0) is 93.8 Å². The van der Waals surface area contributed by atoms with Crippen LogP contribution in [-0.2, 0) is 58.4 Å². The van der Waals surface area contributed by atoms with Crippen LogP contribution < -0.4 is 10.4 Å². The summed E-state index contributed by atoms with van der Waals surface area (Å²) in [5, 5.41) is 1.20. The van der Waals surface area contributed by atoms with E-state index in [-0.39, 0.29) is 46.6 Å². The van der Waals surface area contributed by atoms with Gasteiger partial charge in [0.1, 0.15) is 31.0 Å². The summed E-state index contributed by atoms with van der Waals surface area (Å²) in [6.45, 7) is 5.07. The van der Waals surface area contributed by atoms with Crippen LogP contribution in [0.15, 0.2) is 273 Å².